The molecular weight excluding hydrogens is 214 g/mol. The van der Waals surface area contributed by atoms with Crippen LogP contribution in [0.2, 0.25) is 0 Å². The predicted octanol–water partition coefficient (Wildman–Crippen LogP) is 2.29. The molecule has 2 rings (SSSR count). The van der Waals surface area contributed by atoms with E-state index in [4.69, 9.17) is 10.5 Å². The molecule has 1 heterocycles. The Morgan fingerprint density at radius 2 is 2.00 bits per heavy atom. The van der Waals surface area contributed by atoms with Crippen LogP contribution in [0.25, 0.3) is 11.3 Å². The number of ether oxygens (including phenoxy) is 1. The lowest BCUT2D eigenvalue weighted by Crippen LogP contribution is -1.97. The van der Waals surface area contributed by atoms with Crippen molar-refractivity contribution in [2.45, 2.75) is 13.8 Å². The highest BCUT2D eigenvalue weighted by atomic mass is 16.5. The number of rotatable bonds is 2. The predicted molar refractivity (Wildman–Crippen MR) is 69.1 cm³/mol. The maximum atomic E-state index is 5.91. The average Bonchev–Trinajstić information content (AvgIpc) is 2.57. The molecule has 0 spiro atoms. The van der Waals surface area contributed by atoms with Crippen LogP contribution >= 0.6 is 0 Å². The number of nitrogens with two attached hydrogens (primary N) is 1. The number of aromatic nitrogens is 2. The van der Waals surface area contributed by atoms with Gasteiger partial charge in [0.15, 0.2) is 0 Å². The first kappa shape index (κ1) is 11.5. The van der Waals surface area contributed by atoms with Gasteiger partial charge in [-0.05, 0) is 37.6 Å². The normalized spacial score (nSPS) is 10.6. The third kappa shape index (κ3) is 1.86. The largest absolute Gasteiger partial charge is 0.496 e. The SMILES string of the molecule is COc1ccc(-c2nn(C)c(N)c2C)cc1C. The van der Waals surface area contributed by atoms with E-state index in [9.17, 15) is 0 Å². The highest BCUT2D eigenvalue weighted by molar-refractivity contribution is 5.69. The van der Waals surface area contributed by atoms with Crippen LogP contribution in [0.3, 0.4) is 0 Å². The van der Waals surface area contributed by atoms with Gasteiger partial charge in [0.05, 0.1) is 12.8 Å². The van der Waals surface area contributed by atoms with E-state index in [1.54, 1.807) is 11.8 Å². The van der Waals surface area contributed by atoms with Crippen molar-refractivity contribution in [3.63, 3.8) is 0 Å². The molecule has 0 bridgehead atoms. The molecule has 0 aliphatic rings. The molecule has 90 valence electrons. The van der Waals surface area contributed by atoms with Crippen molar-refractivity contribution in [2.75, 3.05) is 12.8 Å². The van der Waals surface area contributed by atoms with Crippen molar-refractivity contribution in [3.8, 4) is 17.0 Å². The van der Waals surface area contributed by atoms with E-state index < -0.39 is 0 Å². The monoisotopic (exact) mass is 231 g/mol. The second kappa shape index (κ2) is 4.13. The number of benzene rings is 1. The maximum absolute atomic E-state index is 5.91. The molecule has 0 unspecified atom stereocenters. The van der Waals surface area contributed by atoms with Crippen molar-refractivity contribution < 1.29 is 4.74 Å². The van der Waals surface area contributed by atoms with E-state index in [1.165, 1.54) is 0 Å². The first-order valence-electron chi connectivity index (χ1n) is 5.48. The summed E-state index contributed by atoms with van der Waals surface area (Å²) in [6.07, 6.45) is 0. The van der Waals surface area contributed by atoms with Gasteiger partial charge in [-0.3, -0.25) is 4.68 Å². The van der Waals surface area contributed by atoms with E-state index in [2.05, 4.69) is 11.2 Å². The molecule has 2 aromatic rings. The van der Waals surface area contributed by atoms with Crippen molar-refractivity contribution in [1.82, 2.24) is 9.78 Å². The fourth-order valence-corrected chi connectivity index (χ4v) is 1.94. The summed E-state index contributed by atoms with van der Waals surface area (Å²) in [6.45, 7) is 4.00. The molecule has 0 radical (unpaired) electrons. The van der Waals surface area contributed by atoms with Crippen LogP contribution in [0.4, 0.5) is 5.82 Å². The van der Waals surface area contributed by atoms with Gasteiger partial charge >= 0.3 is 0 Å². The molecule has 0 aliphatic heterocycles. The summed E-state index contributed by atoms with van der Waals surface area (Å²) in [5.74, 6) is 1.59. The Morgan fingerprint density at radius 1 is 1.29 bits per heavy atom. The van der Waals surface area contributed by atoms with Crippen LogP contribution in [-0.2, 0) is 7.05 Å². The molecule has 0 atom stereocenters. The van der Waals surface area contributed by atoms with Gasteiger partial charge in [0.2, 0.25) is 0 Å². The van der Waals surface area contributed by atoms with Gasteiger partial charge in [0.1, 0.15) is 11.6 Å². The van der Waals surface area contributed by atoms with Gasteiger partial charge in [0, 0.05) is 18.2 Å². The molecule has 2 N–H and O–H groups in total. The average molecular weight is 231 g/mol. The van der Waals surface area contributed by atoms with E-state index in [1.807, 2.05) is 33.0 Å². The zero-order valence-corrected chi connectivity index (χ0v) is 10.6. The first-order chi connectivity index (χ1) is 8.04. The molecule has 0 saturated carbocycles. The number of nitrogen functional groups attached to an aromatic ring is 1. The summed E-state index contributed by atoms with van der Waals surface area (Å²) in [5.41, 5.74) is 10.0. The second-order valence-electron chi connectivity index (χ2n) is 4.17. The Labute approximate surface area is 101 Å². The summed E-state index contributed by atoms with van der Waals surface area (Å²) < 4.78 is 6.94. The highest BCUT2D eigenvalue weighted by Gasteiger charge is 2.12. The summed E-state index contributed by atoms with van der Waals surface area (Å²) in [7, 11) is 3.52. The van der Waals surface area contributed by atoms with E-state index in [-0.39, 0.29) is 0 Å². The molecule has 4 heteroatoms. The fraction of sp³-hybridized carbons (Fsp3) is 0.308. The van der Waals surface area contributed by atoms with E-state index in [0.717, 1.165) is 28.1 Å². The number of hydrogen-bond acceptors (Lipinski definition) is 3. The molecule has 1 aromatic heterocycles. The van der Waals surface area contributed by atoms with Crippen LogP contribution in [0.1, 0.15) is 11.1 Å². The minimum Gasteiger partial charge on any atom is -0.496 e. The van der Waals surface area contributed by atoms with Crippen LogP contribution in [0, 0.1) is 13.8 Å². The lowest BCUT2D eigenvalue weighted by molar-refractivity contribution is 0.412. The molecule has 0 saturated heterocycles. The molecule has 4 nitrogen and oxygen atoms in total. The van der Waals surface area contributed by atoms with Gasteiger partial charge in [0.25, 0.3) is 0 Å². The quantitative estimate of drug-likeness (QED) is 0.862. The Hall–Kier alpha value is -1.97. The summed E-state index contributed by atoms with van der Waals surface area (Å²) in [5, 5.41) is 4.43. The van der Waals surface area contributed by atoms with Crippen LogP contribution < -0.4 is 10.5 Å². The second-order valence-corrected chi connectivity index (χ2v) is 4.17. The van der Waals surface area contributed by atoms with Crippen molar-refractivity contribution >= 4 is 5.82 Å². The lowest BCUT2D eigenvalue weighted by atomic mass is 10.1. The van der Waals surface area contributed by atoms with Crippen LogP contribution in [0.5, 0.6) is 5.75 Å². The standard InChI is InChI=1S/C13H17N3O/c1-8-7-10(5-6-11(8)17-4)12-9(2)13(14)16(3)15-12/h5-7H,14H2,1-4H3. The van der Waals surface area contributed by atoms with E-state index >= 15 is 0 Å². The number of methoxy groups -OCH3 is 1. The molecule has 1 aromatic carbocycles. The van der Waals surface area contributed by atoms with Gasteiger partial charge < -0.3 is 10.5 Å². The number of aryl methyl sites for hydroxylation is 2. The van der Waals surface area contributed by atoms with Crippen molar-refractivity contribution in [2.24, 2.45) is 7.05 Å². The Balaban J connectivity index is 2.53. The number of anilines is 1. The Kier molecular flexibility index (Phi) is 2.79. The minimum absolute atomic E-state index is 0.702. The summed E-state index contributed by atoms with van der Waals surface area (Å²) >= 11 is 0. The third-order valence-corrected chi connectivity index (χ3v) is 3.01. The van der Waals surface area contributed by atoms with E-state index in [0.29, 0.717) is 5.82 Å². The Bertz CT molecular complexity index is 558. The molecule has 0 aliphatic carbocycles. The maximum Gasteiger partial charge on any atom is 0.124 e. The Morgan fingerprint density at radius 3 is 2.47 bits per heavy atom. The smallest absolute Gasteiger partial charge is 0.124 e. The fourth-order valence-electron chi connectivity index (χ4n) is 1.94. The third-order valence-electron chi connectivity index (χ3n) is 3.01. The number of nitrogens with zero attached hydrogens (tertiary/aromatic N) is 2. The molecule has 0 fully saturated rings. The zero-order valence-electron chi connectivity index (χ0n) is 10.6. The van der Waals surface area contributed by atoms with Gasteiger partial charge in [-0.15, -0.1) is 0 Å². The topological polar surface area (TPSA) is 53.1 Å². The van der Waals surface area contributed by atoms with Gasteiger partial charge in [-0.2, -0.15) is 5.10 Å². The first-order valence-corrected chi connectivity index (χ1v) is 5.48. The summed E-state index contributed by atoms with van der Waals surface area (Å²) in [4.78, 5) is 0. The number of hydrogen-bond donors (Lipinski definition) is 1. The molecular formula is C13H17N3O. The van der Waals surface area contributed by atoms with Crippen LogP contribution in [0.15, 0.2) is 18.2 Å². The van der Waals surface area contributed by atoms with Gasteiger partial charge in [-0.25, -0.2) is 0 Å². The van der Waals surface area contributed by atoms with Gasteiger partial charge in [-0.1, -0.05) is 0 Å². The van der Waals surface area contributed by atoms with Crippen molar-refractivity contribution in [3.05, 3.63) is 29.3 Å². The minimum atomic E-state index is 0.702. The highest BCUT2D eigenvalue weighted by Crippen LogP contribution is 2.29. The summed E-state index contributed by atoms with van der Waals surface area (Å²) in [6, 6.07) is 6.02. The van der Waals surface area contributed by atoms with Crippen molar-refractivity contribution in [1.29, 1.82) is 0 Å². The van der Waals surface area contributed by atoms with Crippen LogP contribution in [-0.4, -0.2) is 16.9 Å². The molecule has 0 amide bonds. The molecule has 17 heavy (non-hydrogen) atoms. The lowest BCUT2D eigenvalue weighted by Gasteiger charge is -2.06. The zero-order chi connectivity index (χ0) is 12.6.